The van der Waals surface area contributed by atoms with Gasteiger partial charge in [-0.2, -0.15) is 5.26 Å². The van der Waals surface area contributed by atoms with Crippen molar-refractivity contribution in [3.8, 4) is 11.8 Å². The molecule has 0 radical (unpaired) electrons. The van der Waals surface area contributed by atoms with Crippen molar-refractivity contribution in [3.63, 3.8) is 0 Å². The summed E-state index contributed by atoms with van der Waals surface area (Å²) in [7, 11) is 0. The van der Waals surface area contributed by atoms with Crippen LogP contribution in [-0.4, -0.2) is 19.1 Å². The van der Waals surface area contributed by atoms with E-state index in [0.717, 1.165) is 0 Å². The summed E-state index contributed by atoms with van der Waals surface area (Å²) in [6.07, 6.45) is 0. The Balaban J connectivity index is 2.51. The van der Waals surface area contributed by atoms with E-state index in [9.17, 15) is 4.79 Å². The van der Waals surface area contributed by atoms with Gasteiger partial charge in [-0.3, -0.25) is 4.79 Å². The molecule has 0 aliphatic carbocycles. The number of rotatable bonds is 4. The standard InChI is InChI=1S/C10H8Cl2N2O2/c11-7-1-2-8(12)9(5-7)16-6-10(15)14-4-3-13/h1-2,5H,4,6H2,(H,14,15). The van der Waals surface area contributed by atoms with E-state index in [1.165, 1.54) is 6.07 Å². The maximum Gasteiger partial charge on any atom is 0.258 e. The van der Waals surface area contributed by atoms with Crippen molar-refractivity contribution in [2.45, 2.75) is 0 Å². The number of nitrogens with zero attached hydrogens (tertiary/aromatic N) is 1. The number of hydrogen-bond donors (Lipinski definition) is 1. The first-order valence-corrected chi connectivity index (χ1v) is 5.10. The average molecular weight is 259 g/mol. The predicted octanol–water partition coefficient (Wildman–Crippen LogP) is 2.01. The smallest absolute Gasteiger partial charge is 0.258 e. The van der Waals surface area contributed by atoms with Crippen LogP contribution < -0.4 is 10.1 Å². The van der Waals surface area contributed by atoms with Crippen LogP contribution in [0.25, 0.3) is 0 Å². The van der Waals surface area contributed by atoms with Crippen LogP contribution in [0.1, 0.15) is 0 Å². The highest BCUT2D eigenvalue weighted by molar-refractivity contribution is 6.34. The SMILES string of the molecule is N#CCNC(=O)COc1cc(Cl)ccc1Cl. The van der Waals surface area contributed by atoms with E-state index in [1.807, 2.05) is 0 Å². The lowest BCUT2D eigenvalue weighted by Gasteiger charge is -2.07. The van der Waals surface area contributed by atoms with Crippen LogP contribution in [0.2, 0.25) is 10.0 Å². The average Bonchev–Trinajstić information content (AvgIpc) is 2.27. The van der Waals surface area contributed by atoms with Crippen molar-refractivity contribution in [1.29, 1.82) is 5.26 Å². The number of nitrogens with one attached hydrogen (secondary N) is 1. The van der Waals surface area contributed by atoms with Crippen LogP contribution in [0, 0.1) is 11.3 Å². The fraction of sp³-hybridized carbons (Fsp3) is 0.200. The summed E-state index contributed by atoms with van der Waals surface area (Å²) < 4.78 is 5.14. The zero-order valence-electron chi connectivity index (χ0n) is 8.17. The Hall–Kier alpha value is -1.44. The summed E-state index contributed by atoms with van der Waals surface area (Å²) in [6.45, 7) is -0.257. The summed E-state index contributed by atoms with van der Waals surface area (Å²) in [6, 6.07) is 6.49. The number of nitriles is 1. The number of amides is 1. The Morgan fingerprint density at radius 1 is 1.50 bits per heavy atom. The second-order valence-electron chi connectivity index (χ2n) is 2.80. The Kier molecular flexibility index (Phi) is 4.90. The van der Waals surface area contributed by atoms with Gasteiger partial charge < -0.3 is 10.1 Å². The summed E-state index contributed by atoms with van der Waals surface area (Å²) in [5.41, 5.74) is 0. The van der Waals surface area contributed by atoms with Gasteiger partial charge in [0.25, 0.3) is 5.91 Å². The van der Waals surface area contributed by atoms with E-state index >= 15 is 0 Å². The molecule has 16 heavy (non-hydrogen) atoms. The van der Waals surface area contributed by atoms with E-state index in [1.54, 1.807) is 18.2 Å². The molecule has 6 heteroatoms. The maximum atomic E-state index is 11.1. The minimum atomic E-state index is -0.391. The lowest BCUT2D eigenvalue weighted by atomic mass is 10.3. The number of hydrogen-bond acceptors (Lipinski definition) is 3. The Morgan fingerprint density at radius 2 is 2.25 bits per heavy atom. The quantitative estimate of drug-likeness (QED) is 0.841. The first-order chi connectivity index (χ1) is 7.63. The van der Waals surface area contributed by atoms with Crippen LogP contribution in [-0.2, 0) is 4.79 Å². The number of ether oxygens (including phenoxy) is 1. The molecule has 0 atom stereocenters. The molecule has 0 aliphatic heterocycles. The molecule has 1 amide bonds. The molecule has 0 unspecified atom stereocenters. The first-order valence-electron chi connectivity index (χ1n) is 4.35. The topological polar surface area (TPSA) is 62.1 Å². The third kappa shape index (κ3) is 3.97. The molecule has 0 aromatic heterocycles. The molecular formula is C10H8Cl2N2O2. The lowest BCUT2D eigenvalue weighted by molar-refractivity contribution is -0.122. The predicted molar refractivity (Wildman–Crippen MR) is 60.6 cm³/mol. The van der Waals surface area contributed by atoms with Crippen LogP contribution in [0.15, 0.2) is 18.2 Å². The van der Waals surface area contributed by atoms with E-state index < -0.39 is 5.91 Å². The second kappa shape index (κ2) is 6.21. The van der Waals surface area contributed by atoms with Crippen LogP contribution >= 0.6 is 23.2 Å². The summed E-state index contributed by atoms with van der Waals surface area (Å²) in [5, 5.41) is 11.4. The van der Waals surface area contributed by atoms with Crippen molar-refractivity contribution in [1.82, 2.24) is 5.32 Å². The molecule has 1 rings (SSSR count). The zero-order chi connectivity index (χ0) is 12.0. The van der Waals surface area contributed by atoms with E-state index in [2.05, 4.69) is 5.32 Å². The molecule has 84 valence electrons. The van der Waals surface area contributed by atoms with Gasteiger partial charge >= 0.3 is 0 Å². The Morgan fingerprint density at radius 3 is 2.94 bits per heavy atom. The van der Waals surface area contributed by atoms with Gasteiger partial charge in [-0.05, 0) is 12.1 Å². The Bertz CT molecular complexity index is 429. The van der Waals surface area contributed by atoms with Crippen molar-refractivity contribution < 1.29 is 9.53 Å². The third-order valence-corrected chi connectivity index (χ3v) is 2.16. The normalized spacial score (nSPS) is 9.31. The van der Waals surface area contributed by atoms with Gasteiger partial charge in [0.2, 0.25) is 0 Å². The van der Waals surface area contributed by atoms with Crippen molar-refractivity contribution in [2.24, 2.45) is 0 Å². The molecule has 0 aliphatic rings. The first kappa shape index (κ1) is 12.6. The van der Waals surface area contributed by atoms with Crippen LogP contribution in [0.4, 0.5) is 0 Å². The third-order valence-electron chi connectivity index (χ3n) is 1.62. The van der Waals surface area contributed by atoms with Crippen molar-refractivity contribution in [3.05, 3.63) is 28.2 Å². The molecule has 0 bridgehead atoms. The molecule has 0 fully saturated rings. The summed E-state index contributed by atoms with van der Waals surface area (Å²) >= 11 is 11.5. The molecule has 0 heterocycles. The Labute approximate surface area is 103 Å². The van der Waals surface area contributed by atoms with E-state index in [-0.39, 0.29) is 13.2 Å². The lowest BCUT2D eigenvalue weighted by Crippen LogP contribution is -2.29. The fourth-order valence-corrected chi connectivity index (χ4v) is 1.25. The highest BCUT2D eigenvalue weighted by Crippen LogP contribution is 2.27. The highest BCUT2D eigenvalue weighted by Gasteiger charge is 2.05. The highest BCUT2D eigenvalue weighted by atomic mass is 35.5. The van der Waals surface area contributed by atoms with Gasteiger partial charge in [0.05, 0.1) is 11.1 Å². The molecule has 0 saturated carbocycles. The van der Waals surface area contributed by atoms with Gasteiger partial charge in [-0.25, -0.2) is 0 Å². The molecule has 1 aromatic rings. The van der Waals surface area contributed by atoms with E-state index in [0.29, 0.717) is 15.8 Å². The molecular weight excluding hydrogens is 251 g/mol. The van der Waals surface area contributed by atoms with Gasteiger partial charge in [0.15, 0.2) is 6.61 Å². The largest absolute Gasteiger partial charge is 0.482 e. The minimum absolute atomic E-state index is 0.0501. The minimum Gasteiger partial charge on any atom is -0.482 e. The monoisotopic (exact) mass is 258 g/mol. The van der Waals surface area contributed by atoms with Gasteiger partial charge in [-0.15, -0.1) is 0 Å². The van der Waals surface area contributed by atoms with Crippen LogP contribution in [0.3, 0.4) is 0 Å². The maximum absolute atomic E-state index is 11.1. The van der Waals surface area contributed by atoms with Gasteiger partial charge in [0, 0.05) is 11.1 Å². The van der Waals surface area contributed by atoms with Crippen molar-refractivity contribution in [2.75, 3.05) is 13.2 Å². The summed E-state index contributed by atoms with van der Waals surface area (Å²) in [5.74, 6) is -0.0566. The molecule has 0 saturated heterocycles. The van der Waals surface area contributed by atoms with E-state index in [4.69, 9.17) is 33.2 Å². The molecule has 1 N–H and O–H groups in total. The zero-order valence-corrected chi connectivity index (χ0v) is 9.68. The number of halogens is 2. The second-order valence-corrected chi connectivity index (χ2v) is 3.64. The molecule has 1 aromatic carbocycles. The van der Waals surface area contributed by atoms with Gasteiger partial charge in [-0.1, -0.05) is 23.2 Å². The molecule has 0 spiro atoms. The summed E-state index contributed by atoms with van der Waals surface area (Å²) in [4.78, 5) is 11.1. The molecule has 4 nitrogen and oxygen atoms in total. The van der Waals surface area contributed by atoms with Crippen molar-refractivity contribution >= 4 is 29.1 Å². The van der Waals surface area contributed by atoms with Crippen LogP contribution in [0.5, 0.6) is 5.75 Å². The van der Waals surface area contributed by atoms with Gasteiger partial charge in [0.1, 0.15) is 12.3 Å². The number of carbonyl (C=O) groups excluding carboxylic acids is 1. The number of carbonyl (C=O) groups is 1. The fourth-order valence-electron chi connectivity index (χ4n) is 0.920. The number of benzene rings is 1.